The van der Waals surface area contributed by atoms with Crippen LogP contribution in [0.3, 0.4) is 0 Å². The average molecular weight is 501 g/mol. The van der Waals surface area contributed by atoms with Crippen molar-refractivity contribution in [2.24, 2.45) is 5.18 Å². The van der Waals surface area contributed by atoms with E-state index >= 15 is 0 Å². The minimum Gasteiger partial charge on any atom is -0.481 e. The number of carbonyl (C=O) groups is 1. The summed E-state index contributed by atoms with van der Waals surface area (Å²) >= 11 is 0. The van der Waals surface area contributed by atoms with Crippen molar-refractivity contribution in [2.45, 2.75) is 47.0 Å². The second-order valence-corrected chi connectivity index (χ2v) is 9.91. The van der Waals surface area contributed by atoms with E-state index in [0.29, 0.717) is 31.6 Å². The Bertz CT molecular complexity index is 1130. The van der Waals surface area contributed by atoms with Crippen LogP contribution in [0.5, 0.6) is 5.75 Å². The van der Waals surface area contributed by atoms with Crippen molar-refractivity contribution >= 4 is 13.5 Å². The van der Waals surface area contributed by atoms with Crippen LogP contribution in [0, 0.1) is 18.8 Å². The molecule has 1 aromatic carbocycles. The molecule has 0 aliphatic heterocycles. The molecule has 0 spiro atoms. The third kappa shape index (κ3) is 8.91. The molecule has 0 fully saturated rings. The fourth-order valence-corrected chi connectivity index (χ4v) is 4.11. The van der Waals surface area contributed by atoms with E-state index in [9.17, 15) is 14.3 Å². The summed E-state index contributed by atoms with van der Waals surface area (Å²) in [5.74, 6) is 0.0295. The summed E-state index contributed by atoms with van der Waals surface area (Å²) in [5, 5.41) is 5.94. The van der Waals surface area contributed by atoms with Gasteiger partial charge in [0.1, 0.15) is 11.4 Å². The summed E-state index contributed by atoms with van der Waals surface area (Å²) in [5.41, 5.74) is 5.16. The van der Waals surface area contributed by atoms with Crippen LogP contribution in [-0.2, 0) is 15.8 Å². The van der Waals surface area contributed by atoms with E-state index in [4.69, 9.17) is 14.5 Å². The first-order chi connectivity index (χ1) is 16.6. The minimum absolute atomic E-state index is 0.0897. The molecule has 2 rings (SSSR count). The highest BCUT2D eigenvalue weighted by atomic mass is 31.2. The zero-order valence-corrected chi connectivity index (χ0v) is 21.5. The topological polar surface area (TPSA) is 125 Å². The van der Waals surface area contributed by atoms with Gasteiger partial charge in [0.25, 0.3) is 5.91 Å². The van der Waals surface area contributed by atoms with Gasteiger partial charge in [-0.3, -0.25) is 9.36 Å². The SMILES string of the molecule is C/C=C\C(=C/C)CCNC(=O)C1=C(N=O)C=CCC(Cc2c(C)cc(OCP(=O)(O)O)cc2C)=C1. The molecular formula is C26H33N2O6P. The first kappa shape index (κ1) is 28.2. The zero-order chi connectivity index (χ0) is 26.0. The van der Waals surface area contributed by atoms with E-state index in [1.807, 2.05) is 52.0 Å². The van der Waals surface area contributed by atoms with Gasteiger partial charge in [-0.15, -0.1) is 4.91 Å². The number of hydrogen-bond acceptors (Lipinski definition) is 5. The summed E-state index contributed by atoms with van der Waals surface area (Å²) < 4.78 is 16.3. The highest BCUT2D eigenvalue weighted by Gasteiger charge is 2.18. The number of amides is 1. The fourth-order valence-electron chi connectivity index (χ4n) is 3.79. The predicted molar refractivity (Wildman–Crippen MR) is 138 cm³/mol. The lowest BCUT2D eigenvalue weighted by atomic mass is 9.93. The van der Waals surface area contributed by atoms with Crippen LogP contribution in [0.25, 0.3) is 0 Å². The number of allylic oxidation sites excluding steroid dienone is 6. The smallest absolute Gasteiger partial charge is 0.362 e. The van der Waals surface area contributed by atoms with Gasteiger partial charge in [0, 0.05) is 6.54 Å². The highest BCUT2D eigenvalue weighted by Crippen LogP contribution is 2.35. The summed E-state index contributed by atoms with van der Waals surface area (Å²) in [6.07, 6.45) is 12.1. The van der Waals surface area contributed by atoms with Crippen LogP contribution in [0.1, 0.15) is 43.4 Å². The standard InChI is InChI=1S/C26H33N2O6P/c1-5-8-20(6-2)11-12-27-26(29)24-16-21(9-7-10-25(24)28-30)15-23-18(3)13-22(14-19(23)4)34-17-35(31,32)33/h5-8,10,13-14,16H,9,11-12,15,17H2,1-4H3,(H,27,29)(H2,31,32,33)/b8-5-,20-6+. The van der Waals surface area contributed by atoms with Gasteiger partial charge in [-0.2, -0.15) is 0 Å². The first-order valence-corrected chi connectivity index (χ1v) is 13.1. The molecule has 0 unspecified atom stereocenters. The van der Waals surface area contributed by atoms with E-state index < -0.39 is 13.9 Å². The molecule has 1 aliphatic rings. The van der Waals surface area contributed by atoms with E-state index in [1.54, 1.807) is 24.3 Å². The van der Waals surface area contributed by atoms with Gasteiger partial charge in [0.15, 0.2) is 6.35 Å². The van der Waals surface area contributed by atoms with Crippen molar-refractivity contribution in [1.82, 2.24) is 5.32 Å². The zero-order valence-electron chi connectivity index (χ0n) is 20.6. The quantitative estimate of drug-likeness (QED) is 0.215. The number of hydrogen-bond donors (Lipinski definition) is 3. The van der Waals surface area contributed by atoms with Crippen molar-refractivity contribution < 1.29 is 23.9 Å². The number of ether oxygens (including phenoxy) is 1. The second kappa shape index (κ2) is 13.1. The Labute approximate surface area is 206 Å². The molecule has 0 radical (unpaired) electrons. The molecule has 9 heteroatoms. The molecule has 3 N–H and O–H groups in total. The van der Waals surface area contributed by atoms with E-state index in [-0.39, 0.29) is 17.2 Å². The van der Waals surface area contributed by atoms with Crippen LogP contribution in [0.4, 0.5) is 0 Å². The molecule has 35 heavy (non-hydrogen) atoms. The van der Waals surface area contributed by atoms with Crippen molar-refractivity contribution in [3.63, 3.8) is 0 Å². The third-order valence-electron chi connectivity index (χ3n) is 5.55. The number of nitrogens with zero attached hydrogens (tertiary/aromatic N) is 1. The maximum absolute atomic E-state index is 12.9. The van der Waals surface area contributed by atoms with Gasteiger partial charge < -0.3 is 19.8 Å². The summed E-state index contributed by atoms with van der Waals surface area (Å²) in [6, 6.07) is 3.47. The van der Waals surface area contributed by atoms with Crippen LogP contribution in [-0.4, -0.2) is 28.6 Å². The number of aryl methyl sites for hydroxylation is 2. The largest absolute Gasteiger partial charge is 0.481 e. The predicted octanol–water partition coefficient (Wildman–Crippen LogP) is 5.30. The maximum atomic E-state index is 12.9. The van der Waals surface area contributed by atoms with E-state index in [0.717, 1.165) is 27.8 Å². The lowest BCUT2D eigenvalue weighted by molar-refractivity contribution is -0.117. The monoisotopic (exact) mass is 500 g/mol. The summed E-state index contributed by atoms with van der Waals surface area (Å²) in [4.78, 5) is 42.4. The Morgan fingerprint density at radius 3 is 2.49 bits per heavy atom. The lowest BCUT2D eigenvalue weighted by Gasteiger charge is -2.15. The van der Waals surface area contributed by atoms with Crippen molar-refractivity contribution in [3.05, 3.63) is 92.6 Å². The molecular weight excluding hydrogens is 467 g/mol. The molecule has 8 nitrogen and oxygen atoms in total. The van der Waals surface area contributed by atoms with Gasteiger partial charge >= 0.3 is 7.60 Å². The van der Waals surface area contributed by atoms with Gasteiger partial charge in [0.05, 0.1) is 5.57 Å². The van der Waals surface area contributed by atoms with Crippen LogP contribution in [0.15, 0.2) is 76.2 Å². The number of benzene rings is 1. The van der Waals surface area contributed by atoms with Crippen LogP contribution < -0.4 is 10.1 Å². The lowest BCUT2D eigenvalue weighted by Crippen LogP contribution is -2.26. The maximum Gasteiger partial charge on any atom is 0.362 e. The number of rotatable bonds is 11. The molecule has 1 aromatic rings. The van der Waals surface area contributed by atoms with Gasteiger partial charge in [-0.05, 0) is 93.1 Å². The number of nitrogens with one attached hydrogen (secondary N) is 1. The molecule has 0 saturated heterocycles. The fraction of sp³-hybridized carbons (Fsp3) is 0.346. The Kier molecular flexibility index (Phi) is 10.6. The summed E-state index contributed by atoms with van der Waals surface area (Å²) in [6.45, 7) is 8.10. The molecule has 0 heterocycles. The Balaban J connectivity index is 2.23. The normalized spacial score (nSPS) is 14.7. The summed E-state index contributed by atoms with van der Waals surface area (Å²) in [7, 11) is -4.27. The molecule has 0 bridgehead atoms. The Hall–Kier alpha value is -3.06. The molecule has 1 amide bonds. The first-order valence-electron chi connectivity index (χ1n) is 11.3. The molecule has 0 atom stereocenters. The van der Waals surface area contributed by atoms with E-state index in [2.05, 4.69) is 10.5 Å². The third-order valence-corrected chi connectivity index (χ3v) is 6.01. The number of nitroso groups, excluding NO2 is 1. The number of carbonyl (C=O) groups excluding carboxylic acids is 1. The molecule has 188 valence electrons. The highest BCUT2D eigenvalue weighted by molar-refractivity contribution is 7.51. The Morgan fingerprint density at radius 1 is 1.23 bits per heavy atom. The van der Waals surface area contributed by atoms with Crippen LogP contribution >= 0.6 is 7.60 Å². The second-order valence-electron chi connectivity index (χ2n) is 8.32. The minimum atomic E-state index is -4.27. The molecule has 0 saturated carbocycles. The Morgan fingerprint density at radius 2 is 1.91 bits per heavy atom. The van der Waals surface area contributed by atoms with Gasteiger partial charge in [0.2, 0.25) is 0 Å². The molecule has 0 aromatic heterocycles. The van der Waals surface area contributed by atoms with Crippen molar-refractivity contribution in [1.29, 1.82) is 0 Å². The van der Waals surface area contributed by atoms with Crippen molar-refractivity contribution in [3.8, 4) is 5.75 Å². The van der Waals surface area contributed by atoms with Gasteiger partial charge in [-0.1, -0.05) is 35.5 Å². The van der Waals surface area contributed by atoms with Crippen molar-refractivity contribution in [2.75, 3.05) is 12.9 Å². The van der Waals surface area contributed by atoms with E-state index in [1.165, 1.54) is 0 Å². The molecule has 1 aliphatic carbocycles. The van der Waals surface area contributed by atoms with Crippen LogP contribution in [0.2, 0.25) is 0 Å². The van der Waals surface area contributed by atoms with Gasteiger partial charge in [-0.25, -0.2) is 0 Å². The average Bonchev–Trinajstić information content (AvgIpc) is 3.01.